The number of piperidine rings is 1. The molecule has 0 saturated carbocycles. The van der Waals surface area contributed by atoms with Gasteiger partial charge in [0, 0.05) is 41.8 Å². The van der Waals surface area contributed by atoms with Crippen molar-refractivity contribution in [2.24, 2.45) is 0 Å². The van der Waals surface area contributed by atoms with Gasteiger partial charge >= 0.3 is 0 Å². The van der Waals surface area contributed by atoms with E-state index in [0.717, 1.165) is 35.3 Å². The Bertz CT molecular complexity index is 1180. The molecule has 1 fully saturated rings. The number of H-pyrrole nitrogens is 1. The fourth-order valence-corrected chi connectivity index (χ4v) is 4.87. The Hall–Kier alpha value is -3.06. The zero-order valence-corrected chi connectivity index (χ0v) is 16.5. The average molecular weight is 406 g/mol. The monoisotopic (exact) mass is 406 g/mol. The van der Waals surface area contributed by atoms with E-state index >= 15 is 0 Å². The predicted octanol–water partition coefficient (Wildman–Crippen LogP) is 4.85. The van der Waals surface area contributed by atoms with Gasteiger partial charge in [-0.15, -0.1) is 10.2 Å². The average Bonchev–Trinajstić information content (AvgIpc) is 3.43. The van der Waals surface area contributed by atoms with Crippen molar-refractivity contribution in [1.29, 1.82) is 0 Å². The first-order valence-corrected chi connectivity index (χ1v) is 10.5. The summed E-state index contributed by atoms with van der Waals surface area (Å²) in [4.78, 5) is 18.1. The maximum Gasteiger partial charge on any atom is 0.253 e. The van der Waals surface area contributed by atoms with Gasteiger partial charge in [0.2, 0.25) is 0 Å². The number of nitrogens with zero attached hydrogens (tertiary/aromatic N) is 3. The van der Waals surface area contributed by atoms with Crippen molar-refractivity contribution < 1.29 is 9.18 Å². The van der Waals surface area contributed by atoms with Crippen molar-refractivity contribution in [1.82, 2.24) is 20.1 Å². The summed E-state index contributed by atoms with van der Waals surface area (Å²) in [6.07, 6.45) is 3.74. The lowest BCUT2D eigenvalue weighted by molar-refractivity contribution is 0.0707. The molecule has 5 nitrogen and oxygen atoms in total. The number of halogens is 1. The first-order chi connectivity index (χ1) is 14.2. The van der Waals surface area contributed by atoms with Crippen LogP contribution >= 0.6 is 11.3 Å². The van der Waals surface area contributed by atoms with Crippen LogP contribution in [0.1, 0.15) is 34.1 Å². The predicted molar refractivity (Wildman–Crippen MR) is 111 cm³/mol. The Balaban J connectivity index is 1.35. The van der Waals surface area contributed by atoms with Crippen molar-refractivity contribution in [3.8, 4) is 10.6 Å². The molecule has 1 atom stereocenters. The molecule has 3 heterocycles. The van der Waals surface area contributed by atoms with Gasteiger partial charge in [-0.2, -0.15) is 0 Å². The molecular weight excluding hydrogens is 387 g/mol. The fourth-order valence-electron chi connectivity index (χ4n) is 3.87. The smallest absolute Gasteiger partial charge is 0.253 e. The molecule has 0 radical (unpaired) electrons. The second-order valence-corrected chi connectivity index (χ2v) is 8.30. The summed E-state index contributed by atoms with van der Waals surface area (Å²) >= 11 is 1.41. The molecule has 29 heavy (non-hydrogen) atoms. The Morgan fingerprint density at radius 2 is 2.07 bits per heavy atom. The molecule has 7 heteroatoms. The summed E-state index contributed by atoms with van der Waals surface area (Å²) in [6, 6.07) is 14.3. The van der Waals surface area contributed by atoms with E-state index in [1.807, 2.05) is 35.4 Å². The normalized spacial score (nSPS) is 17.0. The van der Waals surface area contributed by atoms with E-state index in [9.17, 15) is 9.18 Å². The number of benzene rings is 2. The van der Waals surface area contributed by atoms with Crippen LogP contribution in [0.5, 0.6) is 0 Å². The summed E-state index contributed by atoms with van der Waals surface area (Å²) in [6.45, 7) is 1.34. The number of hydrogen-bond donors (Lipinski definition) is 1. The first-order valence-electron chi connectivity index (χ1n) is 9.64. The van der Waals surface area contributed by atoms with Gasteiger partial charge in [-0.3, -0.25) is 4.79 Å². The highest BCUT2D eigenvalue weighted by molar-refractivity contribution is 7.14. The van der Waals surface area contributed by atoms with Gasteiger partial charge in [-0.05, 0) is 48.6 Å². The minimum absolute atomic E-state index is 0.0324. The standard InChI is InChI=1S/C22H19FN4OS/c23-18-6-2-1-5-17(18)21-26-25-20(29-21)16-4-3-11-27(13-16)22(28)15-8-7-14-9-10-24-19(14)12-15/h1-2,5-10,12,16,24H,3-4,11,13H2. The molecule has 1 amide bonds. The molecule has 2 aromatic carbocycles. The van der Waals surface area contributed by atoms with Gasteiger partial charge in [-0.25, -0.2) is 4.39 Å². The van der Waals surface area contributed by atoms with Crippen LogP contribution in [0.3, 0.4) is 0 Å². The van der Waals surface area contributed by atoms with Crippen LogP contribution in [-0.2, 0) is 0 Å². The van der Waals surface area contributed by atoms with Crippen molar-refractivity contribution in [3.05, 3.63) is 71.1 Å². The second-order valence-electron chi connectivity index (χ2n) is 7.30. The maximum absolute atomic E-state index is 14.1. The van der Waals surface area contributed by atoms with Crippen LogP contribution < -0.4 is 0 Å². The Labute approximate surface area is 171 Å². The lowest BCUT2D eigenvalue weighted by Gasteiger charge is -2.31. The largest absolute Gasteiger partial charge is 0.361 e. The first kappa shape index (κ1) is 18.0. The number of hydrogen-bond acceptors (Lipinski definition) is 4. The summed E-state index contributed by atoms with van der Waals surface area (Å²) in [5.41, 5.74) is 2.12. The molecule has 1 saturated heterocycles. The van der Waals surface area contributed by atoms with Crippen LogP contribution in [0, 0.1) is 5.82 Å². The summed E-state index contributed by atoms with van der Waals surface area (Å²) in [5.74, 6) is -0.139. The minimum atomic E-state index is -0.296. The molecule has 0 bridgehead atoms. The Morgan fingerprint density at radius 1 is 1.17 bits per heavy atom. The van der Waals surface area contributed by atoms with Crippen molar-refractivity contribution >= 4 is 28.1 Å². The summed E-state index contributed by atoms with van der Waals surface area (Å²) in [7, 11) is 0. The van der Waals surface area contributed by atoms with E-state index in [-0.39, 0.29) is 17.6 Å². The number of fused-ring (bicyclic) bond motifs is 1. The SMILES string of the molecule is O=C(c1ccc2cc[nH]c2c1)N1CCCC(c2nnc(-c3ccccc3F)s2)C1. The topological polar surface area (TPSA) is 61.9 Å². The second kappa shape index (κ2) is 7.40. The maximum atomic E-state index is 14.1. The molecular formula is C22H19FN4OS. The van der Waals surface area contributed by atoms with Crippen LogP contribution in [0.2, 0.25) is 0 Å². The number of amides is 1. The van der Waals surface area contributed by atoms with Crippen LogP contribution in [0.4, 0.5) is 4.39 Å². The van der Waals surface area contributed by atoms with Gasteiger partial charge in [0.15, 0.2) is 5.01 Å². The zero-order valence-electron chi connectivity index (χ0n) is 15.6. The zero-order chi connectivity index (χ0) is 19.8. The van der Waals surface area contributed by atoms with Gasteiger partial charge in [-0.1, -0.05) is 29.5 Å². The molecule has 1 unspecified atom stereocenters. The third kappa shape index (κ3) is 3.42. The van der Waals surface area contributed by atoms with Crippen LogP contribution in [-0.4, -0.2) is 39.1 Å². The van der Waals surface area contributed by atoms with Crippen LogP contribution in [0.25, 0.3) is 21.5 Å². The quantitative estimate of drug-likeness (QED) is 0.529. The number of nitrogens with one attached hydrogen (secondary N) is 1. The third-order valence-electron chi connectivity index (χ3n) is 5.40. The Kier molecular flexibility index (Phi) is 4.60. The summed E-state index contributed by atoms with van der Waals surface area (Å²) < 4.78 is 14.1. The molecule has 0 spiro atoms. The van der Waals surface area contributed by atoms with Gasteiger partial charge < -0.3 is 9.88 Å². The van der Waals surface area contributed by atoms with Gasteiger partial charge in [0.1, 0.15) is 10.8 Å². The molecule has 1 aliphatic heterocycles. The van der Waals surface area contributed by atoms with Gasteiger partial charge in [0.25, 0.3) is 5.91 Å². The highest BCUT2D eigenvalue weighted by atomic mass is 32.1. The number of carbonyl (C=O) groups is 1. The molecule has 146 valence electrons. The number of carbonyl (C=O) groups excluding carboxylic acids is 1. The molecule has 4 aromatic rings. The highest BCUT2D eigenvalue weighted by Crippen LogP contribution is 2.34. The van der Waals surface area contributed by atoms with Crippen molar-refractivity contribution in [2.75, 3.05) is 13.1 Å². The number of aromatic amines is 1. The molecule has 1 aliphatic rings. The number of aromatic nitrogens is 3. The molecule has 1 N–H and O–H groups in total. The van der Waals surface area contributed by atoms with Gasteiger partial charge in [0.05, 0.1) is 0 Å². The lowest BCUT2D eigenvalue weighted by atomic mass is 9.98. The fraction of sp³-hybridized carbons (Fsp3) is 0.227. The Morgan fingerprint density at radius 3 is 2.97 bits per heavy atom. The van der Waals surface area contributed by atoms with E-state index in [0.29, 0.717) is 22.7 Å². The van der Waals surface area contributed by atoms with Crippen LogP contribution in [0.15, 0.2) is 54.7 Å². The van der Waals surface area contributed by atoms with E-state index in [4.69, 9.17) is 0 Å². The van der Waals surface area contributed by atoms with Crippen molar-refractivity contribution in [3.63, 3.8) is 0 Å². The molecule has 2 aromatic heterocycles. The lowest BCUT2D eigenvalue weighted by Crippen LogP contribution is -2.39. The van der Waals surface area contributed by atoms with E-state index in [1.54, 1.807) is 18.2 Å². The van der Waals surface area contributed by atoms with E-state index in [2.05, 4.69) is 15.2 Å². The molecule has 5 rings (SSSR count). The third-order valence-corrected chi connectivity index (χ3v) is 6.52. The number of likely N-dealkylation sites (tertiary alicyclic amines) is 1. The number of rotatable bonds is 3. The minimum Gasteiger partial charge on any atom is -0.361 e. The summed E-state index contributed by atoms with van der Waals surface area (Å²) in [5, 5.41) is 11.1. The molecule has 0 aliphatic carbocycles. The van der Waals surface area contributed by atoms with Crippen molar-refractivity contribution in [2.45, 2.75) is 18.8 Å². The van der Waals surface area contributed by atoms with E-state index in [1.165, 1.54) is 17.4 Å². The van der Waals surface area contributed by atoms with E-state index < -0.39 is 0 Å². The highest BCUT2D eigenvalue weighted by Gasteiger charge is 2.28.